The van der Waals surface area contributed by atoms with Crippen LogP contribution in [0.3, 0.4) is 0 Å². The lowest BCUT2D eigenvalue weighted by atomic mass is 9.96. The molecule has 0 saturated heterocycles. The lowest BCUT2D eigenvalue weighted by Gasteiger charge is -2.26. The molecule has 9 nitrogen and oxygen atoms in total. The third kappa shape index (κ3) is 7.33. The van der Waals surface area contributed by atoms with Crippen molar-refractivity contribution in [3.8, 4) is 0 Å². The minimum atomic E-state index is -1.14. The number of aliphatic carboxylic acids is 1. The van der Waals surface area contributed by atoms with Gasteiger partial charge in [0.15, 0.2) is 5.13 Å². The van der Waals surface area contributed by atoms with Gasteiger partial charge in [0.2, 0.25) is 17.7 Å². The van der Waals surface area contributed by atoms with Crippen LogP contribution in [0.5, 0.6) is 0 Å². The molecule has 1 rings (SSSR count). The van der Waals surface area contributed by atoms with Crippen LogP contribution in [0.4, 0.5) is 5.13 Å². The van der Waals surface area contributed by atoms with E-state index in [4.69, 9.17) is 0 Å². The van der Waals surface area contributed by atoms with E-state index < -0.39 is 23.3 Å². The quantitative estimate of drug-likeness (QED) is 0.602. The number of nitrogens with one attached hydrogen (secondary N) is 2. The lowest BCUT2D eigenvalue weighted by molar-refractivity contribution is -0.149. The van der Waals surface area contributed by atoms with Gasteiger partial charge in [0.1, 0.15) is 6.04 Å². The van der Waals surface area contributed by atoms with Crippen molar-refractivity contribution in [1.82, 2.24) is 15.2 Å². The molecule has 10 heteroatoms. The molecule has 0 aromatic carbocycles. The molecule has 1 aromatic heterocycles. The van der Waals surface area contributed by atoms with E-state index in [1.807, 2.05) is 0 Å². The largest absolute Gasteiger partial charge is 0.480 e. The van der Waals surface area contributed by atoms with E-state index in [1.165, 1.54) is 30.1 Å². The Morgan fingerprint density at radius 3 is 2.44 bits per heavy atom. The molecule has 3 amide bonds. The molecule has 0 fully saturated rings. The third-order valence-electron chi connectivity index (χ3n) is 3.66. The second-order valence-corrected chi connectivity index (χ2v) is 7.97. The zero-order chi connectivity index (χ0) is 20.8. The number of hydrogen-bond acceptors (Lipinski definition) is 6. The summed E-state index contributed by atoms with van der Waals surface area (Å²) in [7, 11) is 0. The van der Waals surface area contributed by atoms with Gasteiger partial charge in [-0.3, -0.25) is 14.4 Å². The van der Waals surface area contributed by atoms with Crippen LogP contribution in [0, 0.1) is 5.41 Å². The van der Waals surface area contributed by atoms with Crippen molar-refractivity contribution >= 4 is 40.2 Å². The van der Waals surface area contributed by atoms with Crippen molar-refractivity contribution in [3.05, 3.63) is 11.1 Å². The van der Waals surface area contributed by atoms with Gasteiger partial charge in [0.25, 0.3) is 0 Å². The van der Waals surface area contributed by atoms with Gasteiger partial charge in [-0.2, -0.15) is 0 Å². The van der Waals surface area contributed by atoms with Crippen molar-refractivity contribution in [2.75, 3.05) is 18.4 Å². The lowest BCUT2D eigenvalue weighted by Crippen LogP contribution is -2.47. The number of amides is 3. The molecule has 1 atom stereocenters. The first-order valence-corrected chi connectivity index (χ1v) is 9.32. The topological polar surface area (TPSA) is 129 Å². The van der Waals surface area contributed by atoms with Gasteiger partial charge in [-0.25, -0.2) is 9.78 Å². The summed E-state index contributed by atoms with van der Waals surface area (Å²) < 4.78 is 0. The Hall–Kier alpha value is -2.49. The zero-order valence-corrected chi connectivity index (χ0v) is 17.0. The SMILES string of the molecule is CC(=O)NCCN(C(=O)Cc1csc(NC(=O)C(C)(C)C)n1)C(C)C(=O)O. The second kappa shape index (κ2) is 9.45. The van der Waals surface area contributed by atoms with Gasteiger partial charge in [-0.15, -0.1) is 11.3 Å². The fourth-order valence-corrected chi connectivity index (χ4v) is 2.71. The van der Waals surface area contributed by atoms with Crippen LogP contribution in [-0.4, -0.2) is 57.8 Å². The summed E-state index contributed by atoms with van der Waals surface area (Å²) in [5.41, 5.74) is -0.129. The molecule has 27 heavy (non-hydrogen) atoms. The van der Waals surface area contributed by atoms with Crippen LogP contribution < -0.4 is 10.6 Å². The smallest absolute Gasteiger partial charge is 0.326 e. The Bertz CT molecular complexity index is 710. The fraction of sp³-hybridized carbons (Fsp3) is 0.588. The summed E-state index contributed by atoms with van der Waals surface area (Å²) in [5, 5.41) is 16.5. The van der Waals surface area contributed by atoms with Gasteiger partial charge in [0, 0.05) is 30.8 Å². The highest BCUT2D eigenvalue weighted by atomic mass is 32.1. The number of hydrogen-bond donors (Lipinski definition) is 3. The molecule has 1 unspecified atom stereocenters. The highest BCUT2D eigenvalue weighted by Crippen LogP contribution is 2.21. The van der Waals surface area contributed by atoms with E-state index in [0.717, 1.165) is 0 Å². The molecule has 1 heterocycles. The molecule has 0 radical (unpaired) electrons. The summed E-state index contributed by atoms with van der Waals surface area (Å²) in [6.07, 6.45) is -0.0976. The highest BCUT2D eigenvalue weighted by Gasteiger charge is 2.26. The predicted octanol–water partition coefficient (Wildman–Crippen LogP) is 1.11. The van der Waals surface area contributed by atoms with Crippen LogP contribution in [0.25, 0.3) is 0 Å². The number of aromatic nitrogens is 1. The summed E-state index contributed by atoms with van der Waals surface area (Å²) in [6, 6.07) is -1.04. The number of thiazole rings is 1. The van der Waals surface area contributed by atoms with Gasteiger partial charge in [0.05, 0.1) is 12.1 Å². The Balaban J connectivity index is 2.78. The number of carboxylic acid groups (broad SMARTS) is 1. The van der Waals surface area contributed by atoms with Gasteiger partial charge in [-0.1, -0.05) is 20.8 Å². The Morgan fingerprint density at radius 1 is 1.30 bits per heavy atom. The molecule has 0 aliphatic rings. The average molecular weight is 398 g/mol. The van der Waals surface area contributed by atoms with E-state index in [-0.39, 0.29) is 31.3 Å². The molecule has 0 bridgehead atoms. The fourth-order valence-electron chi connectivity index (χ4n) is 2.01. The van der Waals surface area contributed by atoms with Crippen molar-refractivity contribution < 1.29 is 24.3 Å². The normalized spacial score (nSPS) is 12.2. The molecular formula is C17H26N4O5S. The number of carbonyl (C=O) groups is 4. The van der Waals surface area contributed by atoms with E-state index in [1.54, 1.807) is 26.2 Å². The number of carboxylic acids is 1. The Kier molecular flexibility index (Phi) is 7.89. The van der Waals surface area contributed by atoms with Crippen molar-refractivity contribution in [2.24, 2.45) is 5.41 Å². The van der Waals surface area contributed by atoms with Crippen molar-refractivity contribution in [1.29, 1.82) is 0 Å². The molecule has 3 N–H and O–H groups in total. The van der Waals surface area contributed by atoms with Crippen LogP contribution in [-0.2, 0) is 25.6 Å². The first kappa shape index (κ1) is 22.6. The molecule has 1 aromatic rings. The summed E-state index contributed by atoms with van der Waals surface area (Å²) in [5.74, 6) is -2.01. The standard InChI is InChI=1S/C17H26N4O5S/c1-10(14(24)25)21(7-6-18-11(2)22)13(23)8-12-9-27-16(19-12)20-15(26)17(3,4)5/h9-10H,6-8H2,1-5H3,(H,18,22)(H,24,25)(H,19,20,26). The second-order valence-electron chi connectivity index (χ2n) is 7.11. The van der Waals surface area contributed by atoms with Crippen LogP contribution >= 0.6 is 11.3 Å². The monoisotopic (exact) mass is 398 g/mol. The van der Waals surface area contributed by atoms with Crippen LogP contribution in [0.15, 0.2) is 5.38 Å². The maximum Gasteiger partial charge on any atom is 0.326 e. The molecule has 0 spiro atoms. The van der Waals surface area contributed by atoms with E-state index in [9.17, 15) is 24.3 Å². The van der Waals surface area contributed by atoms with Gasteiger partial charge < -0.3 is 20.6 Å². The predicted molar refractivity (Wildman–Crippen MR) is 101 cm³/mol. The third-order valence-corrected chi connectivity index (χ3v) is 4.46. The number of nitrogens with zero attached hydrogens (tertiary/aromatic N) is 2. The Labute approximate surface area is 162 Å². The first-order chi connectivity index (χ1) is 12.4. The molecule has 0 aliphatic carbocycles. The Morgan fingerprint density at radius 2 is 1.93 bits per heavy atom. The summed E-state index contributed by atoms with van der Waals surface area (Å²) in [4.78, 5) is 52.2. The minimum Gasteiger partial charge on any atom is -0.480 e. The van der Waals surface area contributed by atoms with Gasteiger partial charge >= 0.3 is 5.97 Å². The maximum absolute atomic E-state index is 12.6. The molecule has 150 valence electrons. The molecule has 0 aliphatic heterocycles. The number of anilines is 1. The van der Waals surface area contributed by atoms with Gasteiger partial charge in [-0.05, 0) is 6.92 Å². The maximum atomic E-state index is 12.6. The van der Waals surface area contributed by atoms with E-state index >= 15 is 0 Å². The summed E-state index contributed by atoms with van der Waals surface area (Å²) in [6.45, 7) is 8.31. The highest BCUT2D eigenvalue weighted by molar-refractivity contribution is 7.13. The van der Waals surface area contributed by atoms with Crippen molar-refractivity contribution in [3.63, 3.8) is 0 Å². The minimum absolute atomic E-state index is 0.0730. The molecule has 0 saturated carbocycles. The first-order valence-electron chi connectivity index (χ1n) is 8.44. The zero-order valence-electron chi connectivity index (χ0n) is 16.2. The van der Waals surface area contributed by atoms with Crippen LogP contribution in [0.2, 0.25) is 0 Å². The molecular weight excluding hydrogens is 372 g/mol. The average Bonchev–Trinajstić information content (AvgIpc) is 2.96. The number of rotatable bonds is 8. The summed E-state index contributed by atoms with van der Waals surface area (Å²) >= 11 is 1.20. The van der Waals surface area contributed by atoms with E-state index in [0.29, 0.717) is 10.8 Å². The van der Waals surface area contributed by atoms with Crippen molar-refractivity contribution in [2.45, 2.75) is 47.1 Å². The van der Waals surface area contributed by atoms with Crippen LogP contribution in [0.1, 0.15) is 40.3 Å². The van der Waals surface area contributed by atoms with E-state index in [2.05, 4.69) is 15.6 Å². The number of carbonyl (C=O) groups excluding carboxylic acids is 3.